The summed E-state index contributed by atoms with van der Waals surface area (Å²) in [5.41, 5.74) is 1.49. The van der Waals surface area contributed by atoms with Crippen molar-refractivity contribution in [1.82, 2.24) is 19.2 Å². The summed E-state index contributed by atoms with van der Waals surface area (Å²) in [4.78, 5) is 22.8. The Morgan fingerprint density at radius 1 is 1.10 bits per heavy atom. The molecule has 30 heavy (non-hydrogen) atoms. The molecule has 1 aliphatic heterocycles. The third-order valence-electron chi connectivity index (χ3n) is 4.56. The van der Waals surface area contributed by atoms with Crippen LogP contribution in [-0.4, -0.2) is 59.7 Å². The molecule has 0 spiro atoms. The van der Waals surface area contributed by atoms with Crippen molar-refractivity contribution >= 4 is 67.6 Å². The molecule has 0 atom stereocenters. The van der Waals surface area contributed by atoms with E-state index in [0.717, 1.165) is 15.8 Å². The van der Waals surface area contributed by atoms with Gasteiger partial charge in [0.25, 0.3) is 5.91 Å². The number of aromatic nitrogens is 2. The number of sulfonamides is 1. The highest BCUT2D eigenvalue weighted by molar-refractivity contribution is 7.92. The van der Waals surface area contributed by atoms with E-state index in [0.29, 0.717) is 23.1 Å². The van der Waals surface area contributed by atoms with Crippen molar-refractivity contribution in [2.75, 3.05) is 26.2 Å². The maximum Gasteiger partial charge on any atom is 0.282 e. The van der Waals surface area contributed by atoms with Gasteiger partial charge in [-0.25, -0.2) is 13.4 Å². The number of nitrogens with zero attached hydrogens (tertiary/aromatic N) is 4. The van der Waals surface area contributed by atoms with Crippen molar-refractivity contribution in [3.05, 3.63) is 63.7 Å². The van der Waals surface area contributed by atoms with Crippen LogP contribution < -0.4 is 0 Å². The summed E-state index contributed by atoms with van der Waals surface area (Å²) >= 11 is 7.14. The Labute approximate surface area is 189 Å². The first-order valence-corrected chi connectivity index (χ1v) is 11.6. The zero-order chi connectivity index (χ0) is 20.4. The summed E-state index contributed by atoms with van der Waals surface area (Å²) < 4.78 is 27.4. The van der Waals surface area contributed by atoms with Gasteiger partial charge in [0.15, 0.2) is 5.01 Å². The summed E-state index contributed by atoms with van der Waals surface area (Å²) in [6.45, 7) is 1.12. The first-order chi connectivity index (χ1) is 13.9. The highest BCUT2D eigenvalue weighted by atomic mass is 35.5. The zero-order valence-corrected chi connectivity index (χ0v) is 18.8. The molecule has 7 nitrogen and oxygen atoms in total. The largest absolute Gasteiger partial charge is 0.334 e. The number of piperazine rings is 1. The SMILES string of the molecule is Cl.O=C(c1nc2ccncc2s1)N1CCN(S(=O)(=O)C=Cc2ccc(Cl)cc2)CC1. The number of carbonyl (C=O) groups excluding carboxylic acids is 1. The standard InChI is InChI=1S/C19H17ClN4O3S2.ClH/c20-15-3-1-14(2-4-15)6-12-29(26,27)24-10-8-23(9-11-24)19(25)18-22-16-5-7-21-13-17(16)28-18;/h1-7,12-13H,8-11H2;1H. The van der Waals surface area contributed by atoms with Gasteiger partial charge < -0.3 is 4.90 Å². The lowest BCUT2D eigenvalue weighted by Gasteiger charge is -2.32. The van der Waals surface area contributed by atoms with Crippen molar-refractivity contribution < 1.29 is 13.2 Å². The Morgan fingerprint density at radius 3 is 2.47 bits per heavy atom. The average molecular weight is 485 g/mol. The van der Waals surface area contributed by atoms with Gasteiger partial charge in [-0.1, -0.05) is 23.7 Å². The quantitative estimate of drug-likeness (QED) is 0.565. The maximum atomic E-state index is 12.7. The molecule has 158 valence electrons. The Morgan fingerprint density at radius 2 is 1.80 bits per heavy atom. The topological polar surface area (TPSA) is 83.5 Å². The van der Waals surface area contributed by atoms with E-state index in [2.05, 4.69) is 9.97 Å². The van der Waals surface area contributed by atoms with Crippen LogP contribution in [0.15, 0.2) is 48.1 Å². The first-order valence-electron chi connectivity index (χ1n) is 8.86. The molecule has 1 aromatic carbocycles. The van der Waals surface area contributed by atoms with Gasteiger partial charge in [-0.2, -0.15) is 4.31 Å². The number of hydrogen-bond acceptors (Lipinski definition) is 6. The average Bonchev–Trinajstić information content (AvgIpc) is 3.17. The predicted octanol–water partition coefficient (Wildman–Crippen LogP) is 3.53. The van der Waals surface area contributed by atoms with Crippen molar-refractivity contribution in [2.45, 2.75) is 0 Å². The molecule has 1 fully saturated rings. The van der Waals surface area contributed by atoms with E-state index in [4.69, 9.17) is 11.6 Å². The molecule has 11 heteroatoms. The molecule has 1 saturated heterocycles. The lowest BCUT2D eigenvalue weighted by molar-refractivity contribution is 0.0698. The normalized spacial score (nSPS) is 15.4. The van der Waals surface area contributed by atoms with Gasteiger partial charge in [-0.05, 0) is 29.8 Å². The molecule has 4 rings (SSSR count). The molecule has 3 heterocycles. The number of amides is 1. The zero-order valence-electron chi connectivity index (χ0n) is 15.6. The summed E-state index contributed by atoms with van der Waals surface area (Å²) in [5, 5.41) is 2.18. The van der Waals surface area contributed by atoms with E-state index in [1.807, 2.05) is 0 Å². The van der Waals surface area contributed by atoms with Crippen LogP contribution in [-0.2, 0) is 10.0 Å². The molecule has 0 unspecified atom stereocenters. The molecule has 0 bridgehead atoms. The van der Waals surface area contributed by atoms with Crippen LogP contribution in [0.1, 0.15) is 15.4 Å². The highest BCUT2D eigenvalue weighted by Crippen LogP contribution is 2.22. The van der Waals surface area contributed by atoms with Gasteiger partial charge >= 0.3 is 0 Å². The molecule has 3 aromatic rings. The molecule has 0 radical (unpaired) electrons. The Kier molecular flexibility index (Phi) is 7.10. The minimum absolute atomic E-state index is 0. The number of carbonyl (C=O) groups is 1. The second-order valence-electron chi connectivity index (χ2n) is 6.45. The number of thiazole rings is 1. The Hall–Kier alpha value is -2.04. The van der Waals surface area contributed by atoms with Crippen LogP contribution in [0, 0.1) is 0 Å². The van der Waals surface area contributed by atoms with E-state index < -0.39 is 10.0 Å². The van der Waals surface area contributed by atoms with Gasteiger partial charge in [0.05, 0.1) is 10.2 Å². The minimum Gasteiger partial charge on any atom is -0.334 e. The molecule has 2 aromatic heterocycles. The lowest BCUT2D eigenvalue weighted by atomic mass is 10.2. The van der Waals surface area contributed by atoms with Gasteiger partial charge in [0, 0.05) is 49.0 Å². The third kappa shape index (κ3) is 4.98. The van der Waals surface area contributed by atoms with Crippen molar-refractivity contribution in [3.63, 3.8) is 0 Å². The highest BCUT2D eigenvalue weighted by Gasteiger charge is 2.29. The Bertz CT molecular complexity index is 1140. The molecule has 0 aliphatic carbocycles. The third-order valence-corrected chi connectivity index (χ3v) is 7.37. The number of halogens is 2. The fraction of sp³-hybridized carbons (Fsp3) is 0.211. The van der Waals surface area contributed by atoms with Gasteiger partial charge in [-0.15, -0.1) is 23.7 Å². The monoisotopic (exact) mass is 484 g/mol. The van der Waals surface area contributed by atoms with E-state index >= 15 is 0 Å². The number of benzene rings is 1. The van der Waals surface area contributed by atoms with E-state index in [1.165, 1.54) is 21.1 Å². The molecule has 0 N–H and O–H groups in total. The Balaban J connectivity index is 0.00000256. The van der Waals surface area contributed by atoms with E-state index in [1.54, 1.807) is 53.7 Å². The minimum atomic E-state index is -3.57. The summed E-state index contributed by atoms with van der Waals surface area (Å²) in [6.07, 6.45) is 4.86. The van der Waals surface area contributed by atoms with Crippen LogP contribution in [0.5, 0.6) is 0 Å². The summed E-state index contributed by atoms with van der Waals surface area (Å²) in [6, 6.07) is 8.67. The van der Waals surface area contributed by atoms with Crippen molar-refractivity contribution in [1.29, 1.82) is 0 Å². The molecular weight excluding hydrogens is 467 g/mol. The van der Waals surface area contributed by atoms with Gasteiger partial charge in [0.2, 0.25) is 10.0 Å². The van der Waals surface area contributed by atoms with Gasteiger partial charge in [-0.3, -0.25) is 9.78 Å². The van der Waals surface area contributed by atoms with Gasteiger partial charge in [0.1, 0.15) is 0 Å². The first kappa shape index (κ1) is 22.6. The van der Waals surface area contributed by atoms with E-state index in [-0.39, 0.29) is 31.4 Å². The summed E-state index contributed by atoms with van der Waals surface area (Å²) in [7, 11) is -3.57. The second-order valence-corrected chi connectivity index (χ2v) is 9.74. The molecular formula is C19H18Cl2N4O3S2. The number of fused-ring (bicyclic) bond motifs is 1. The number of rotatable bonds is 4. The van der Waals surface area contributed by atoms with Crippen molar-refractivity contribution in [3.8, 4) is 0 Å². The fourth-order valence-corrected chi connectivity index (χ4v) is 5.18. The lowest BCUT2D eigenvalue weighted by Crippen LogP contribution is -2.50. The summed E-state index contributed by atoms with van der Waals surface area (Å²) in [5.74, 6) is -0.181. The van der Waals surface area contributed by atoms with Crippen LogP contribution in [0.3, 0.4) is 0 Å². The van der Waals surface area contributed by atoms with Crippen LogP contribution in [0.25, 0.3) is 16.3 Å². The molecule has 0 saturated carbocycles. The van der Waals surface area contributed by atoms with E-state index in [9.17, 15) is 13.2 Å². The van der Waals surface area contributed by atoms with Crippen LogP contribution >= 0.6 is 35.3 Å². The van der Waals surface area contributed by atoms with Crippen LogP contribution in [0.2, 0.25) is 5.02 Å². The van der Waals surface area contributed by atoms with Crippen molar-refractivity contribution in [2.24, 2.45) is 0 Å². The smallest absolute Gasteiger partial charge is 0.282 e. The second kappa shape index (κ2) is 9.40. The molecule has 1 aliphatic rings. The van der Waals surface area contributed by atoms with Crippen LogP contribution in [0.4, 0.5) is 0 Å². The maximum absolute atomic E-state index is 12.7. The number of hydrogen-bond donors (Lipinski definition) is 0. The molecule has 1 amide bonds. The number of pyridine rings is 1. The fourth-order valence-electron chi connectivity index (χ4n) is 2.98. The predicted molar refractivity (Wildman–Crippen MR) is 122 cm³/mol.